The molecule has 130 valence electrons. The Labute approximate surface area is 141 Å². The first kappa shape index (κ1) is 18.4. The van der Waals surface area contributed by atoms with Gasteiger partial charge in [-0.1, -0.05) is 19.1 Å². The van der Waals surface area contributed by atoms with E-state index in [-0.39, 0.29) is 13.1 Å². The summed E-state index contributed by atoms with van der Waals surface area (Å²) in [4.78, 5) is 1.29. The Morgan fingerprint density at radius 1 is 1.00 bits per heavy atom. The van der Waals surface area contributed by atoms with Crippen LogP contribution in [0.4, 0.5) is 14.5 Å². The monoisotopic (exact) mass is 354 g/mol. The number of benzene rings is 2. The molecule has 0 radical (unpaired) electrons. The van der Waals surface area contributed by atoms with E-state index in [1.54, 1.807) is 6.92 Å². The topological polar surface area (TPSA) is 40.6 Å². The van der Waals surface area contributed by atoms with Crippen molar-refractivity contribution < 1.29 is 17.2 Å². The van der Waals surface area contributed by atoms with E-state index in [1.165, 1.54) is 0 Å². The molecule has 0 heterocycles. The molecule has 7 heteroatoms. The van der Waals surface area contributed by atoms with Gasteiger partial charge in [-0.25, -0.2) is 17.2 Å². The number of sulfonamides is 1. The quantitative estimate of drug-likeness (QED) is 0.800. The molecule has 0 aliphatic carbocycles. The van der Waals surface area contributed by atoms with Crippen LogP contribution in [-0.2, 0) is 16.6 Å². The Kier molecular flexibility index (Phi) is 5.56. The summed E-state index contributed by atoms with van der Waals surface area (Å²) < 4.78 is 53.6. The van der Waals surface area contributed by atoms with Gasteiger partial charge in [-0.15, -0.1) is 0 Å². The average Bonchev–Trinajstić information content (AvgIpc) is 2.55. The molecule has 0 saturated heterocycles. The molecule has 0 aromatic heterocycles. The fourth-order valence-corrected chi connectivity index (χ4v) is 3.80. The molecular weight excluding hydrogens is 334 g/mol. The summed E-state index contributed by atoms with van der Waals surface area (Å²) in [7, 11) is -0.306. The van der Waals surface area contributed by atoms with E-state index < -0.39 is 26.6 Å². The van der Waals surface area contributed by atoms with Gasteiger partial charge >= 0.3 is 0 Å². The van der Waals surface area contributed by atoms with Gasteiger partial charge in [0.15, 0.2) is 0 Å². The van der Waals surface area contributed by atoms with Crippen LogP contribution in [-0.4, -0.2) is 33.4 Å². The zero-order chi connectivity index (χ0) is 17.9. The fourth-order valence-electron chi connectivity index (χ4n) is 2.28. The van der Waals surface area contributed by atoms with Crippen LogP contribution in [0.1, 0.15) is 12.5 Å². The number of hydrogen-bond acceptors (Lipinski definition) is 3. The molecule has 0 atom stereocenters. The van der Waals surface area contributed by atoms with Gasteiger partial charge in [0.25, 0.3) is 0 Å². The Morgan fingerprint density at radius 2 is 1.62 bits per heavy atom. The van der Waals surface area contributed by atoms with E-state index in [0.29, 0.717) is 6.07 Å². The largest absolute Gasteiger partial charge is 0.378 e. The molecule has 0 fully saturated rings. The van der Waals surface area contributed by atoms with Gasteiger partial charge < -0.3 is 4.90 Å². The summed E-state index contributed by atoms with van der Waals surface area (Å²) in [6.45, 7) is 1.89. The first-order valence-corrected chi connectivity index (χ1v) is 8.91. The van der Waals surface area contributed by atoms with Crippen molar-refractivity contribution in [2.45, 2.75) is 18.4 Å². The third-order valence-corrected chi connectivity index (χ3v) is 5.61. The maximum atomic E-state index is 13.9. The highest BCUT2D eigenvalue weighted by Gasteiger charge is 2.27. The van der Waals surface area contributed by atoms with Crippen LogP contribution >= 0.6 is 0 Å². The minimum Gasteiger partial charge on any atom is -0.378 e. The molecule has 24 heavy (non-hydrogen) atoms. The lowest BCUT2D eigenvalue weighted by molar-refractivity contribution is 0.418. The molecule has 0 bridgehead atoms. The second kappa shape index (κ2) is 7.27. The van der Waals surface area contributed by atoms with Gasteiger partial charge in [-0.05, 0) is 35.9 Å². The van der Waals surface area contributed by atoms with Gasteiger partial charge in [0, 0.05) is 32.9 Å². The number of nitrogens with zero attached hydrogens (tertiary/aromatic N) is 2. The Hall–Kier alpha value is -1.99. The van der Waals surface area contributed by atoms with E-state index in [9.17, 15) is 17.2 Å². The predicted octanol–water partition coefficient (Wildman–Crippen LogP) is 3.24. The number of anilines is 1. The summed E-state index contributed by atoms with van der Waals surface area (Å²) in [6.07, 6.45) is 0. The van der Waals surface area contributed by atoms with Gasteiger partial charge in [0.2, 0.25) is 10.0 Å². The molecule has 2 aromatic carbocycles. The number of hydrogen-bond donors (Lipinski definition) is 0. The van der Waals surface area contributed by atoms with E-state index in [1.807, 2.05) is 43.3 Å². The minimum atomic E-state index is -4.12. The van der Waals surface area contributed by atoms with Crippen LogP contribution in [0.25, 0.3) is 0 Å². The first-order valence-electron chi connectivity index (χ1n) is 7.47. The van der Waals surface area contributed by atoms with Crippen LogP contribution in [0, 0.1) is 11.6 Å². The normalized spacial score (nSPS) is 11.8. The van der Waals surface area contributed by atoms with E-state index in [0.717, 1.165) is 27.7 Å². The van der Waals surface area contributed by atoms with E-state index >= 15 is 0 Å². The highest BCUT2D eigenvalue weighted by Crippen LogP contribution is 2.22. The molecule has 0 N–H and O–H groups in total. The van der Waals surface area contributed by atoms with E-state index in [2.05, 4.69) is 0 Å². The lowest BCUT2D eigenvalue weighted by Gasteiger charge is -2.21. The summed E-state index contributed by atoms with van der Waals surface area (Å²) in [5.74, 6) is -1.75. The number of halogens is 2. The molecule has 0 amide bonds. The van der Waals surface area contributed by atoms with Gasteiger partial charge in [0.1, 0.15) is 16.5 Å². The average molecular weight is 354 g/mol. The Bertz CT molecular complexity index is 806. The van der Waals surface area contributed by atoms with Gasteiger partial charge in [-0.3, -0.25) is 0 Å². The smallest absolute Gasteiger partial charge is 0.246 e. The first-order chi connectivity index (χ1) is 11.3. The Balaban J connectivity index is 2.31. The molecular formula is C17H20F2N2O2S. The van der Waals surface area contributed by atoms with Crippen LogP contribution in [0.2, 0.25) is 0 Å². The van der Waals surface area contributed by atoms with Crippen LogP contribution in [0.5, 0.6) is 0 Å². The van der Waals surface area contributed by atoms with Crippen molar-refractivity contribution >= 4 is 15.7 Å². The SMILES string of the molecule is CCN(Cc1ccc(N(C)C)cc1)S(=O)(=O)c1cc(F)ccc1F. The summed E-state index contributed by atoms with van der Waals surface area (Å²) in [5.41, 5.74) is 1.75. The summed E-state index contributed by atoms with van der Waals surface area (Å²) in [5, 5.41) is 0. The minimum absolute atomic E-state index is 0.0858. The van der Waals surface area contributed by atoms with Gasteiger partial charge in [-0.2, -0.15) is 4.31 Å². The molecule has 4 nitrogen and oxygen atoms in total. The van der Waals surface area contributed by atoms with Crippen molar-refractivity contribution in [3.63, 3.8) is 0 Å². The van der Waals surface area contributed by atoms with Crippen LogP contribution in [0.15, 0.2) is 47.4 Å². The van der Waals surface area contributed by atoms with Crippen molar-refractivity contribution in [1.29, 1.82) is 0 Å². The van der Waals surface area contributed by atoms with Crippen molar-refractivity contribution in [1.82, 2.24) is 4.31 Å². The fraction of sp³-hybridized carbons (Fsp3) is 0.294. The van der Waals surface area contributed by atoms with Crippen molar-refractivity contribution in [3.05, 3.63) is 59.7 Å². The van der Waals surface area contributed by atoms with Gasteiger partial charge in [0.05, 0.1) is 0 Å². The lowest BCUT2D eigenvalue weighted by Crippen LogP contribution is -2.31. The number of rotatable bonds is 6. The standard InChI is InChI=1S/C17H20F2N2O2S/c1-4-21(12-13-5-8-15(9-6-13)20(2)3)24(22,23)17-11-14(18)7-10-16(17)19/h5-11H,4,12H2,1-3H3. The van der Waals surface area contributed by atoms with E-state index in [4.69, 9.17) is 0 Å². The molecule has 0 saturated carbocycles. The summed E-state index contributed by atoms with van der Waals surface area (Å²) in [6, 6.07) is 9.80. The molecule has 2 rings (SSSR count). The maximum absolute atomic E-state index is 13.9. The van der Waals surface area contributed by atoms with Crippen LogP contribution < -0.4 is 4.90 Å². The van der Waals surface area contributed by atoms with Crippen molar-refractivity contribution in [3.8, 4) is 0 Å². The van der Waals surface area contributed by atoms with Crippen molar-refractivity contribution in [2.24, 2.45) is 0 Å². The highest BCUT2D eigenvalue weighted by molar-refractivity contribution is 7.89. The lowest BCUT2D eigenvalue weighted by atomic mass is 10.2. The van der Waals surface area contributed by atoms with Crippen LogP contribution in [0.3, 0.4) is 0 Å². The molecule has 2 aromatic rings. The second-order valence-electron chi connectivity index (χ2n) is 5.57. The molecule has 0 aliphatic rings. The third-order valence-electron chi connectivity index (χ3n) is 3.68. The maximum Gasteiger partial charge on any atom is 0.246 e. The Morgan fingerprint density at radius 3 is 2.17 bits per heavy atom. The zero-order valence-electron chi connectivity index (χ0n) is 13.8. The third kappa shape index (κ3) is 3.91. The molecule has 0 unspecified atom stereocenters. The highest BCUT2D eigenvalue weighted by atomic mass is 32.2. The predicted molar refractivity (Wildman–Crippen MR) is 90.4 cm³/mol. The second-order valence-corrected chi connectivity index (χ2v) is 7.47. The molecule has 0 spiro atoms. The van der Waals surface area contributed by atoms with Crippen molar-refractivity contribution in [2.75, 3.05) is 25.5 Å². The summed E-state index contributed by atoms with van der Waals surface area (Å²) >= 11 is 0. The molecule has 0 aliphatic heterocycles. The zero-order valence-corrected chi connectivity index (χ0v) is 14.6.